The van der Waals surface area contributed by atoms with Crippen LogP contribution in [-0.4, -0.2) is 45.6 Å². The summed E-state index contributed by atoms with van der Waals surface area (Å²) in [5, 5.41) is 4.48. The summed E-state index contributed by atoms with van der Waals surface area (Å²) in [4.78, 5) is 2.34. The molecule has 0 N–H and O–H groups in total. The van der Waals surface area contributed by atoms with Crippen molar-refractivity contribution in [2.24, 2.45) is 0 Å². The Kier molecular flexibility index (Phi) is 4.30. The SMILES string of the molecule is S=c1n(C2CCCCC2)cnn1CN1CCOCC1. The first-order chi connectivity index (χ1) is 9.34. The predicted molar refractivity (Wildman–Crippen MR) is 75.6 cm³/mol. The van der Waals surface area contributed by atoms with Gasteiger partial charge in [-0.3, -0.25) is 4.90 Å². The molecule has 0 spiro atoms. The Morgan fingerprint density at radius 3 is 2.68 bits per heavy atom. The molecule has 1 aromatic rings. The smallest absolute Gasteiger partial charge is 0.199 e. The molecule has 5 nitrogen and oxygen atoms in total. The summed E-state index contributed by atoms with van der Waals surface area (Å²) in [5.74, 6) is 0. The number of ether oxygens (including phenoxy) is 1. The van der Waals surface area contributed by atoms with Gasteiger partial charge in [-0.15, -0.1) is 0 Å². The molecule has 6 heteroatoms. The van der Waals surface area contributed by atoms with Crippen LogP contribution in [0.2, 0.25) is 0 Å². The van der Waals surface area contributed by atoms with Gasteiger partial charge in [0.05, 0.1) is 19.9 Å². The van der Waals surface area contributed by atoms with Crippen LogP contribution in [0, 0.1) is 4.77 Å². The van der Waals surface area contributed by atoms with Gasteiger partial charge < -0.3 is 9.30 Å². The molecule has 1 saturated heterocycles. The molecule has 1 aliphatic heterocycles. The van der Waals surface area contributed by atoms with E-state index in [1.807, 2.05) is 11.0 Å². The summed E-state index contributed by atoms with van der Waals surface area (Å²) in [6.45, 7) is 4.37. The highest BCUT2D eigenvalue weighted by molar-refractivity contribution is 7.71. The van der Waals surface area contributed by atoms with Gasteiger partial charge in [-0.1, -0.05) is 19.3 Å². The number of hydrogen-bond donors (Lipinski definition) is 0. The minimum Gasteiger partial charge on any atom is -0.379 e. The van der Waals surface area contributed by atoms with E-state index in [4.69, 9.17) is 17.0 Å². The van der Waals surface area contributed by atoms with E-state index in [9.17, 15) is 0 Å². The topological polar surface area (TPSA) is 35.2 Å². The van der Waals surface area contributed by atoms with E-state index in [1.54, 1.807) is 0 Å². The standard InChI is InChI=1S/C13H22N4OS/c19-13-16(12-4-2-1-3-5-12)10-14-17(13)11-15-6-8-18-9-7-15/h10,12H,1-9,11H2. The Bertz CT molecular complexity index is 457. The molecule has 0 amide bonds. The van der Waals surface area contributed by atoms with Crippen molar-refractivity contribution < 1.29 is 4.74 Å². The van der Waals surface area contributed by atoms with E-state index in [-0.39, 0.29) is 0 Å². The summed E-state index contributed by atoms with van der Waals surface area (Å²) in [6, 6.07) is 0.569. The summed E-state index contributed by atoms with van der Waals surface area (Å²) in [5.41, 5.74) is 0. The van der Waals surface area contributed by atoms with E-state index < -0.39 is 0 Å². The highest BCUT2D eigenvalue weighted by atomic mass is 32.1. The van der Waals surface area contributed by atoms with E-state index in [0.717, 1.165) is 37.7 Å². The lowest BCUT2D eigenvalue weighted by Crippen LogP contribution is -2.37. The lowest BCUT2D eigenvalue weighted by molar-refractivity contribution is 0.0209. The fourth-order valence-electron chi connectivity index (χ4n) is 2.99. The van der Waals surface area contributed by atoms with E-state index in [2.05, 4.69) is 14.6 Å². The maximum Gasteiger partial charge on any atom is 0.199 e. The summed E-state index contributed by atoms with van der Waals surface area (Å²) < 4.78 is 10.4. The molecule has 0 bridgehead atoms. The van der Waals surface area contributed by atoms with E-state index in [0.29, 0.717) is 6.04 Å². The second-order valence-electron chi connectivity index (χ2n) is 5.48. The minimum absolute atomic E-state index is 0.569. The number of rotatable bonds is 3. The molecule has 0 aromatic carbocycles. The largest absolute Gasteiger partial charge is 0.379 e. The van der Waals surface area contributed by atoms with Crippen LogP contribution in [0.25, 0.3) is 0 Å². The molecule has 3 rings (SSSR count). The Labute approximate surface area is 119 Å². The number of nitrogens with zero attached hydrogens (tertiary/aromatic N) is 4. The lowest BCUT2D eigenvalue weighted by atomic mass is 9.95. The number of hydrogen-bond acceptors (Lipinski definition) is 4. The van der Waals surface area contributed by atoms with Crippen molar-refractivity contribution in [2.45, 2.75) is 44.8 Å². The van der Waals surface area contributed by atoms with Crippen molar-refractivity contribution in [1.29, 1.82) is 0 Å². The Hall–Kier alpha value is -0.720. The molecular weight excluding hydrogens is 260 g/mol. The maximum atomic E-state index is 5.58. The predicted octanol–water partition coefficient (Wildman–Crippen LogP) is 2.21. The van der Waals surface area contributed by atoms with Gasteiger partial charge in [0.25, 0.3) is 0 Å². The average Bonchev–Trinajstić information content (AvgIpc) is 2.82. The van der Waals surface area contributed by atoms with Gasteiger partial charge in [0, 0.05) is 19.1 Å². The zero-order chi connectivity index (χ0) is 13.1. The monoisotopic (exact) mass is 282 g/mol. The molecule has 2 heterocycles. The molecule has 0 unspecified atom stereocenters. The zero-order valence-electron chi connectivity index (χ0n) is 11.3. The van der Waals surface area contributed by atoms with Crippen molar-refractivity contribution >= 4 is 12.2 Å². The molecular formula is C13H22N4OS. The molecule has 19 heavy (non-hydrogen) atoms. The van der Waals surface area contributed by atoms with Crippen LogP contribution in [0.3, 0.4) is 0 Å². The van der Waals surface area contributed by atoms with Gasteiger partial charge in [-0.05, 0) is 25.1 Å². The second-order valence-corrected chi connectivity index (χ2v) is 5.85. The number of morpholine rings is 1. The van der Waals surface area contributed by atoms with Crippen molar-refractivity contribution in [3.8, 4) is 0 Å². The molecule has 2 fully saturated rings. The van der Waals surface area contributed by atoms with Crippen LogP contribution in [0.5, 0.6) is 0 Å². The zero-order valence-corrected chi connectivity index (χ0v) is 12.1. The van der Waals surface area contributed by atoms with Crippen molar-refractivity contribution in [1.82, 2.24) is 19.2 Å². The fraction of sp³-hybridized carbons (Fsp3) is 0.846. The normalized spacial score (nSPS) is 22.7. The van der Waals surface area contributed by atoms with Gasteiger partial charge >= 0.3 is 0 Å². The van der Waals surface area contributed by atoms with Crippen LogP contribution in [0.15, 0.2) is 6.33 Å². The lowest BCUT2D eigenvalue weighted by Gasteiger charge is -2.26. The molecule has 106 valence electrons. The second kappa shape index (κ2) is 6.15. The van der Waals surface area contributed by atoms with Crippen LogP contribution in [-0.2, 0) is 11.4 Å². The first-order valence-corrected chi connectivity index (χ1v) is 7.69. The van der Waals surface area contributed by atoms with Crippen LogP contribution in [0.4, 0.5) is 0 Å². The van der Waals surface area contributed by atoms with Crippen molar-refractivity contribution in [3.05, 3.63) is 11.1 Å². The third-order valence-electron chi connectivity index (χ3n) is 4.16. The molecule has 2 aliphatic rings. The van der Waals surface area contributed by atoms with Gasteiger partial charge in [-0.25, -0.2) is 4.68 Å². The first kappa shape index (κ1) is 13.3. The summed E-state index contributed by atoms with van der Waals surface area (Å²) >= 11 is 5.58. The van der Waals surface area contributed by atoms with Gasteiger partial charge in [0.15, 0.2) is 4.77 Å². The van der Waals surface area contributed by atoms with Crippen LogP contribution < -0.4 is 0 Å². The van der Waals surface area contributed by atoms with Gasteiger partial charge in [-0.2, -0.15) is 5.10 Å². The quantitative estimate of drug-likeness (QED) is 0.796. The Morgan fingerprint density at radius 1 is 1.21 bits per heavy atom. The van der Waals surface area contributed by atoms with E-state index >= 15 is 0 Å². The van der Waals surface area contributed by atoms with E-state index in [1.165, 1.54) is 32.1 Å². The molecule has 1 saturated carbocycles. The first-order valence-electron chi connectivity index (χ1n) is 7.28. The minimum atomic E-state index is 0.569. The Balaban J connectivity index is 1.69. The highest BCUT2D eigenvalue weighted by Gasteiger charge is 2.18. The third-order valence-corrected chi connectivity index (χ3v) is 4.58. The van der Waals surface area contributed by atoms with Crippen molar-refractivity contribution in [2.75, 3.05) is 26.3 Å². The van der Waals surface area contributed by atoms with Crippen LogP contribution >= 0.6 is 12.2 Å². The Morgan fingerprint density at radius 2 is 1.95 bits per heavy atom. The average molecular weight is 282 g/mol. The molecule has 0 atom stereocenters. The summed E-state index contributed by atoms with van der Waals surface area (Å²) in [7, 11) is 0. The maximum absolute atomic E-state index is 5.58. The molecule has 0 radical (unpaired) electrons. The van der Waals surface area contributed by atoms with Crippen molar-refractivity contribution in [3.63, 3.8) is 0 Å². The van der Waals surface area contributed by atoms with Gasteiger partial charge in [0.1, 0.15) is 6.33 Å². The molecule has 1 aromatic heterocycles. The highest BCUT2D eigenvalue weighted by Crippen LogP contribution is 2.28. The number of aromatic nitrogens is 3. The van der Waals surface area contributed by atoms with Gasteiger partial charge in [0.2, 0.25) is 0 Å². The summed E-state index contributed by atoms with van der Waals surface area (Å²) in [6.07, 6.45) is 8.43. The van der Waals surface area contributed by atoms with Crippen LogP contribution in [0.1, 0.15) is 38.1 Å². The molecule has 1 aliphatic carbocycles. The third kappa shape index (κ3) is 3.07. The fourth-order valence-corrected chi connectivity index (χ4v) is 3.29.